The third-order valence-corrected chi connectivity index (χ3v) is 3.03. The minimum atomic E-state index is -0.696. The first-order chi connectivity index (χ1) is 10.1. The summed E-state index contributed by atoms with van der Waals surface area (Å²) < 4.78 is 10.7. The number of hydrogen-bond acceptors (Lipinski definition) is 7. The highest BCUT2D eigenvalue weighted by Crippen LogP contribution is 2.12. The molecule has 0 unspecified atom stereocenters. The summed E-state index contributed by atoms with van der Waals surface area (Å²) in [5.41, 5.74) is 0.222. The molecule has 0 aliphatic carbocycles. The lowest BCUT2D eigenvalue weighted by atomic mass is 10.3. The topological polar surface area (TPSA) is 104 Å². The van der Waals surface area contributed by atoms with E-state index >= 15 is 0 Å². The van der Waals surface area contributed by atoms with Crippen molar-refractivity contribution in [2.24, 2.45) is 0 Å². The zero-order chi connectivity index (χ0) is 15.4. The molecule has 1 aromatic rings. The molecule has 21 heavy (non-hydrogen) atoms. The van der Waals surface area contributed by atoms with Crippen molar-refractivity contribution < 1.29 is 23.9 Å². The van der Waals surface area contributed by atoms with E-state index in [0.717, 1.165) is 4.90 Å². The van der Waals surface area contributed by atoms with Crippen molar-refractivity contribution >= 4 is 29.6 Å². The van der Waals surface area contributed by atoms with Crippen LogP contribution in [0.3, 0.4) is 0 Å². The van der Waals surface area contributed by atoms with Crippen LogP contribution in [-0.2, 0) is 26.7 Å². The Morgan fingerprint density at radius 1 is 1.48 bits per heavy atom. The summed E-state index contributed by atoms with van der Waals surface area (Å²) in [7, 11) is 0. The molecule has 2 amide bonds. The molecule has 1 fully saturated rings. The summed E-state index contributed by atoms with van der Waals surface area (Å²) in [6, 6.07) is 0. The smallest absolute Gasteiger partial charge is 0.416 e. The number of hydrogen-bond donors (Lipinski definition) is 0. The molecule has 2 heterocycles. The number of amides is 2. The van der Waals surface area contributed by atoms with Crippen LogP contribution in [-0.4, -0.2) is 57.6 Å². The summed E-state index contributed by atoms with van der Waals surface area (Å²) in [5.74, 6) is -1.24. The molecule has 1 saturated heterocycles. The number of carbonyl (C=O) groups is 3. The normalized spacial score (nSPS) is 14.2. The number of alkyl halides is 1. The second-order valence-electron chi connectivity index (χ2n) is 4.06. The molecule has 1 aliphatic heterocycles. The van der Waals surface area contributed by atoms with Crippen LogP contribution in [0, 0.1) is 0 Å². The Balaban J connectivity index is 2.15. The summed E-state index contributed by atoms with van der Waals surface area (Å²) in [6.45, 7) is 1.94. The Bertz CT molecular complexity index is 573. The van der Waals surface area contributed by atoms with Crippen LogP contribution in [0.1, 0.15) is 23.1 Å². The number of carbonyl (C=O) groups excluding carboxylic acids is 3. The molecule has 0 bridgehead atoms. The molecule has 1 aromatic heterocycles. The van der Waals surface area contributed by atoms with Gasteiger partial charge in [0.2, 0.25) is 0 Å². The number of cyclic esters (lactones) is 1. The van der Waals surface area contributed by atoms with Gasteiger partial charge in [-0.25, -0.2) is 19.2 Å². The van der Waals surface area contributed by atoms with E-state index in [1.165, 1.54) is 4.68 Å². The van der Waals surface area contributed by atoms with E-state index in [4.69, 9.17) is 16.3 Å². The van der Waals surface area contributed by atoms with Crippen LogP contribution in [0.4, 0.5) is 4.79 Å². The van der Waals surface area contributed by atoms with Crippen molar-refractivity contribution in [1.29, 1.82) is 0 Å². The van der Waals surface area contributed by atoms with Gasteiger partial charge in [0.15, 0.2) is 5.69 Å². The largest absolute Gasteiger partial charge is 0.461 e. The summed E-state index contributed by atoms with van der Waals surface area (Å²) in [4.78, 5) is 35.9. The maximum atomic E-state index is 12.0. The number of esters is 1. The highest BCUT2D eigenvalue weighted by Gasteiger charge is 2.30. The molecule has 0 aromatic carbocycles. The maximum Gasteiger partial charge on any atom is 0.416 e. The van der Waals surface area contributed by atoms with E-state index in [-0.39, 0.29) is 43.6 Å². The summed E-state index contributed by atoms with van der Waals surface area (Å²) in [6.07, 6.45) is -0.696. The number of halogens is 1. The Morgan fingerprint density at radius 2 is 2.24 bits per heavy atom. The van der Waals surface area contributed by atoms with E-state index in [2.05, 4.69) is 15.0 Å². The first kappa shape index (κ1) is 15.2. The fraction of sp³-hybridized carbons (Fsp3) is 0.545. The molecule has 0 N–H and O–H groups in total. The molecule has 0 atom stereocenters. The van der Waals surface area contributed by atoms with Gasteiger partial charge in [0.25, 0.3) is 5.91 Å². The third-order valence-electron chi connectivity index (χ3n) is 2.78. The van der Waals surface area contributed by atoms with Gasteiger partial charge in [-0.2, -0.15) is 0 Å². The SMILES string of the molecule is CCOC(=O)c1nnn(CC(=O)N2CCOC2=O)c1CCl. The second-order valence-corrected chi connectivity index (χ2v) is 4.32. The van der Waals surface area contributed by atoms with Crippen LogP contribution in [0.15, 0.2) is 0 Å². The predicted octanol–water partition coefficient (Wildman–Crippen LogP) is 0.172. The van der Waals surface area contributed by atoms with Gasteiger partial charge in [-0.3, -0.25) is 4.79 Å². The molecule has 0 spiro atoms. The molecule has 1 aliphatic rings. The zero-order valence-electron chi connectivity index (χ0n) is 11.2. The average molecular weight is 317 g/mol. The van der Waals surface area contributed by atoms with Crippen LogP contribution in [0.25, 0.3) is 0 Å². The average Bonchev–Trinajstić information content (AvgIpc) is 3.05. The lowest BCUT2D eigenvalue weighted by molar-refractivity contribution is -0.128. The molecule has 0 radical (unpaired) electrons. The highest BCUT2D eigenvalue weighted by atomic mass is 35.5. The number of ether oxygens (including phenoxy) is 2. The molecule has 2 rings (SSSR count). The second kappa shape index (κ2) is 6.53. The maximum absolute atomic E-state index is 12.0. The zero-order valence-corrected chi connectivity index (χ0v) is 12.0. The van der Waals surface area contributed by atoms with E-state index in [9.17, 15) is 14.4 Å². The van der Waals surface area contributed by atoms with Crippen molar-refractivity contribution in [3.05, 3.63) is 11.4 Å². The fourth-order valence-corrected chi connectivity index (χ4v) is 2.05. The molecule has 0 saturated carbocycles. The minimum absolute atomic E-state index is 0.0383. The van der Waals surface area contributed by atoms with E-state index < -0.39 is 18.0 Å². The van der Waals surface area contributed by atoms with Gasteiger partial charge in [0, 0.05) is 0 Å². The Labute approximate surface area is 124 Å². The predicted molar refractivity (Wildman–Crippen MR) is 68.6 cm³/mol. The third kappa shape index (κ3) is 3.13. The van der Waals surface area contributed by atoms with Crippen LogP contribution >= 0.6 is 11.6 Å². The summed E-state index contributed by atoms with van der Waals surface area (Å²) in [5, 5.41) is 7.38. The standard InChI is InChI=1S/C11H13ClN4O5/c1-2-20-10(18)9-7(5-12)16(14-13-9)6-8(17)15-3-4-21-11(15)19/h2-6H2,1H3. The Hall–Kier alpha value is -2.16. The number of nitrogens with zero attached hydrogens (tertiary/aromatic N) is 4. The lowest BCUT2D eigenvalue weighted by Crippen LogP contribution is -2.35. The van der Waals surface area contributed by atoms with Gasteiger partial charge in [-0.05, 0) is 6.92 Å². The first-order valence-corrected chi connectivity index (χ1v) is 6.74. The molecule has 10 heteroatoms. The van der Waals surface area contributed by atoms with Gasteiger partial charge in [0.1, 0.15) is 13.2 Å². The summed E-state index contributed by atoms with van der Waals surface area (Å²) >= 11 is 5.77. The van der Waals surface area contributed by atoms with Crippen molar-refractivity contribution in [2.75, 3.05) is 19.8 Å². The van der Waals surface area contributed by atoms with Gasteiger partial charge >= 0.3 is 12.1 Å². The molecule has 114 valence electrons. The fourth-order valence-electron chi connectivity index (χ4n) is 1.78. The molecular formula is C11H13ClN4O5. The van der Waals surface area contributed by atoms with E-state index in [0.29, 0.717) is 0 Å². The quantitative estimate of drug-likeness (QED) is 0.563. The van der Waals surface area contributed by atoms with Gasteiger partial charge in [-0.15, -0.1) is 16.7 Å². The Morgan fingerprint density at radius 3 is 2.81 bits per heavy atom. The van der Waals surface area contributed by atoms with Crippen LogP contribution in [0.2, 0.25) is 0 Å². The number of imide groups is 1. The van der Waals surface area contributed by atoms with Gasteiger partial charge in [0.05, 0.1) is 24.7 Å². The number of rotatable bonds is 5. The highest BCUT2D eigenvalue weighted by molar-refractivity contribution is 6.17. The van der Waals surface area contributed by atoms with Crippen molar-refractivity contribution in [3.63, 3.8) is 0 Å². The Kier molecular flexibility index (Phi) is 4.73. The molecule has 9 nitrogen and oxygen atoms in total. The van der Waals surface area contributed by atoms with Crippen molar-refractivity contribution in [2.45, 2.75) is 19.3 Å². The lowest BCUT2D eigenvalue weighted by Gasteiger charge is -2.11. The number of aromatic nitrogens is 3. The van der Waals surface area contributed by atoms with Crippen molar-refractivity contribution in [3.8, 4) is 0 Å². The monoisotopic (exact) mass is 316 g/mol. The van der Waals surface area contributed by atoms with E-state index in [1.54, 1.807) is 6.92 Å². The van der Waals surface area contributed by atoms with Crippen molar-refractivity contribution in [1.82, 2.24) is 19.9 Å². The van der Waals surface area contributed by atoms with Crippen LogP contribution < -0.4 is 0 Å². The first-order valence-electron chi connectivity index (χ1n) is 6.21. The van der Waals surface area contributed by atoms with Crippen LogP contribution in [0.5, 0.6) is 0 Å². The van der Waals surface area contributed by atoms with E-state index in [1.807, 2.05) is 0 Å². The van der Waals surface area contributed by atoms with Gasteiger partial charge in [-0.1, -0.05) is 5.21 Å². The minimum Gasteiger partial charge on any atom is -0.461 e. The molecular weight excluding hydrogens is 304 g/mol. The van der Waals surface area contributed by atoms with Gasteiger partial charge < -0.3 is 9.47 Å².